The van der Waals surface area contributed by atoms with Gasteiger partial charge in [-0.3, -0.25) is 4.79 Å². The van der Waals surface area contributed by atoms with E-state index in [0.717, 1.165) is 25.7 Å². The smallest absolute Gasteiger partial charge is 0.305 e. The first-order valence-corrected chi connectivity index (χ1v) is 19.2. The number of esters is 1. The Morgan fingerprint density at radius 3 is 1.19 bits per heavy atom. The maximum atomic E-state index is 11.9. The fourth-order valence-corrected chi connectivity index (χ4v) is 5.80. The number of allylic oxidation sites excluding steroid dienone is 2. The summed E-state index contributed by atoms with van der Waals surface area (Å²) in [7, 11) is 0. The highest BCUT2D eigenvalue weighted by atomic mass is 16.5. The summed E-state index contributed by atoms with van der Waals surface area (Å²) >= 11 is 0. The molecule has 0 saturated heterocycles. The third-order valence-electron chi connectivity index (χ3n) is 8.71. The van der Waals surface area contributed by atoms with Gasteiger partial charge in [0.15, 0.2) is 0 Å². The number of unbranched alkanes of at least 4 members (excludes halogenated alkanes) is 29. The highest BCUT2D eigenvalue weighted by Gasteiger charge is 2.02. The number of aliphatic hydroxyl groups is 1. The summed E-state index contributed by atoms with van der Waals surface area (Å²) in [5.74, 6) is 0.0115. The lowest BCUT2D eigenvalue weighted by atomic mass is 10.0. The molecule has 0 aliphatic rings. The lowest BCUT2D eigenvalue weighted by Gasteiger charge is -2.06. The molecule has 3 heteroatoms. The topological polar surface area (TPSA) is 46.5 Å². The second-order valence-electron chi connectivity index (χ2n) is 13.0. The molecular formula is C39H76O3. The van der Waals surface area contributed by atoms with Crippen LogP contribution in [0.2, 0.25) is 0 Å². The molecule has 0 aromatic heterocycles. The van der Waals surface area contributed by atoms with Crippen molar-refractivity contribution in [3.8, 4) is 0 Å². The molecule has 0 aliphatic carbocycles. The summed E-state index contributed by atoms with van der Waals surface area (Å²) < 4.78 is 5.43. The number of hydrogen-bond donors (Lipinski definition) is 1. The van der Waals surface area contributed by atoms with Gasteiger partial charge < -0.3 is 9.84 Å². The molecule has 0 radical (unpaired) electrons. The van der Waals surface area contributed by atoms with Crippen molar-refractivity contribution in [1.29, 1.82) is 0 Å². The number of ether oxygens (including phenoxy) is 1. The maximum absolute atomic E-state index is 11.9. The molecule has 0 rings (SSSR count). The second-order valence-corrected chi connectivity index (χ2v) is 13.0. The zero-order valence-electron chi connectivity index (χ0n) is 28.7. The molecule has 0 aromatic rings. The molecule has 0 aromatic carbocycles. The number of carbonyl (C=O) groups is 1. The van der Waals surface area contributed by atoms with Crippen molar-refractivity contribution in [2.24, 2.45) is 0 Å². The van der Waals surface area contributed by atoms with E-state index in [2.05, 4.69) is 19.1 Å². The van der Waals surface area contributed by atoms with Crippen LogP contribution in [0.4, 0.5) is 0 Å². The van der Waals surface area contributed by atoms with Crippen LogP contribution in [-0.2, 0) is 9.53 Å². The average Bonchev–Trinajstić information content (AvgIpc) is 3.00. The maximum Gasteiger partial charge on any atom is 0.305 e. The molecule has 0 spiro atoms. The Morgan fingerprint density at radius 1 is 0.452 bits per heavy atom. The zero-order valence-corrected chi connectivity index (χ0v) is 28.7. The fourth-order valence-electron chi connectivity index (χ4n) is 5.80. The van der Waals surface area contributed by atoms with Crippen LogP contribution in [0.25, 0.3) is 0 Å². The van der Waals surface area contributed by atoms with Gasteiger partial charge >= 0.3 is 5.97 Å². The molecule has 0 amide bonds. The van der Waals surface area contributed by atoms with E-state index in [1.807, 2.05) is 0 Å². The van der Waals surface area contributed by atoms with E-state index in [-0.39, 0.29) is 5.97 Å². The van der Waals surface area contributed by atoms with E-state index in [0.29, 0.717) is 19.6 Å². The van der Waals surface area contributed by atoms with E-state index < -0.39 is 0 Å². The SMILES string of the molecule is CCCC/C=C\CCCCCCCC(=O)OCCCCCCCCCCCCCCCCCCCCCCCCCO. The van der Waals surface area contributed by atoms with Gasteiger partial charge in [-0.2, -0.15) is 0 Å². The molecule has 42 heavy (non-hydrogen) atoms. The van der Waals surface area contributed by atoms with Crippen molar-refractivity contribution in [2.75, 3.05) is 13.2 Å². The van der Waals surface area contributed by atoms with Crippen molar-refractivity contribution < 1.29 is 14.6 Å². The lowest BCUT2D eigenvalue weighted by Crippen LogP contribution is -2.05. The molecule has 0 atom stereocenters. The molecule has 0 aliphatic heterocycles. The van der Waals surface area contributed by atoms with Gasteiger partial charge in [0.1, 0.15) is 0 Å². The lowest BCUT2D eigenvalue weighted by molar-refractivity contribution is -0.143. The first-order chi connectivity index (χ1) is 20.8. The average molecular weight is 593 g/mol. The summed E-state index contributed by atoms with van der Waals surface area (Å²) in [6.45, 7) is 3.23. The predicted octanol–water partition coefficient (Wildman–Crippen LogP) is 13.0. The van der Waals surface area contributed by atoms with Crippen molar-refractivity contribution >= 4 is 5.97 Å². The van der Waals surface area contributed by atoms with E-state index >= 15 is 0 Å². The first kappa shape index (κ1) is 41.2. The summed E-state index contributed by atoms with van der Waals surface area (Å²) in [6.07, 6.45) is 47.3. The minimum absolute atomic E-state index is 0.0115. The minimum Gasteiger partial charge on any atom is -0.466 e. The molecular weight excluding hydrogens is 516 g/mol. The van der Waals surface area contributed by atoms with Crippen molar-refractivity contribution in [3.05, 3.63) is 12.2 Å². The standard InChI is InChI=1S/C39H76O3/c1-2-3-4-5-6-7-21-24-27-30-33-36-39(41)42-38-35-32-29-26-23-20-18-16-14-12-10-8-9-11-13-15-17-19-22-25-28-31-34-37-40/h5-6,40H,2-4,7-38H2,1H3/b6-5-. The fraction of sp³-hybridized carbons (Fsp3) is 0.923. The first-order valence-electron chi connectivity index (χ1n) is 19.2. The van der Waals surface area contributed by atoms with E-state index in [1.54, 1.807) is 0 Å². The van der Waals surface area contributed by atoms with Crippen LogP contribution in [0.3, 0.4) is 0 Å². The Balaban J connectivity index is 3.14. The van der Waals surface area contributed by atoms with E-state index in [4.69, 9.17) is 9.84 Å². The van der Waals surface area contributed by atoms with Gasteiger partial charge in [-0.15, -0.1) is 0 Å². The van der Waals surface area contributed by atoms with Crippen LogP contribution in [0.1, 0.15) is 219 Å². The summed E-state index contributed by atoms with van der Waals surface area (Å²) in [4.78, 5) is 11.9. The van der Waals surface area contributed by atoms with Crippen LogP contribution in [0.5, 0.6) is 0 Å². The highest BCUT2D eigenvalue weighted by molar-refractivity contribution is 5.69. The molecule has 0 unspecified atom stereocenters. The van der Waals surface area contributed by atoms with Crippen LogP contribution in [0.15, 0.2) is 12.2 Å². The normalized spacial score (nSPS) is 11.6. The third kappa shape index (κ3) is 37.2. The van der Waals surface area contributed by atoms with Crippen LogP contribution in [-0.4, -0.2) is 24.3 Å². The number of hydrogen-bond acceptors (Lipinski definition) is 3. The number of rotatable bonds is 36. The Hall–Kier alpha value is -0.830. The number of carbonyl (C=O) groups excluding carboxylic acids is 1. The predicted molar refractivity (Wildman–Crippen MR) is 185 cm³/mol. The Morgan fingerprint density at radius 2 is 0.786 bits per heavy atom. The Bertz CT molecular complexity index is 530. The molecule has 0 bridgehead atoms. The summed E-state index contributed by atoms with van der Waals surface area (Å²) in [6, 6.07) is 0. The largest absolute Gasteiger partial charge is 0.466 e. The molecule has 3 nitrogen and oxygen atoms in total. The van der Waals surface area contributed by atoms with Crippen LogP contribution >= 0.6 is 0 Å². The van der Waals surface area contributed by atoms with Crippen LogP contribution < -0.4 is 0 Å². The zero-order chi connectivity index (χ0) is 30.4. The van der Waals surface area contributed by atoms with E-state index in [9.17, 15) is 4.79 Å². The van der Waals surface area contributed by atoms with Crippen molar-refractivity contribution in [3.63, 3.8) is 0 Å². The van der Waals surface area contributed by atoms with E-state index in [1.165, 1.54) is 180 Å². The van der Waals surface area contributed by atoms with Crippen LogP contribution in [0, 0.1) is 0 Å². The van der Waals surface area contributed by atoms with Gasteiger partial charge in [-0.25, -0.2) is 0 Å². The number of aliphatic hydroxyl groups excluding tert-OH is 1. The third-order valence-corrected chi connectivity index (χ3v) is 8.71. The van der Waals surface area contributed by atoms with Gasteiger partial charge in [0, 0.05) is 13.0 Å². The Kier molecular flexibility index (Phi) is 37.4. The Labute approximate surface area is 264 Å². The van der Waals surface area contributed by atoms with Crippen molar-refractivity contribution in [1.82, 2.24) is 0 Å². The summed E-state index contributed by atoms with van der Waals surface area (Å²) in [5, 5.41) is 8.79. The van der Waals surface area contributed by atoms with Gasteiger partial charge in [0.25, 0.3) is 0 Å². The van der Waals surface area contributed by atoms with Gasteiger partial charge in [-0.1, -0.05) is 186 Å². The second kappa shape index (κ2) is 38.2. The molecule has 250 valence electrons. The van der Waals surface area contributed by atoms with Gasteiger partial charge in [0.2, 0.25) is 0 Å². The summed E-state index contributed by atoms with van der Waals surface area (Å²) in [5.41, 5.74) is 0. The quantitative estimate of drug-likeness (QED) is 0.0447. The molecule has 0 heterocycles. The van der Waals surface area contributed by atoms with Gasteiger partial charge in [-0.05, 0) is 38.5 Å². The minimum atomic E-state index is 0.0115. The monoisotopic (exact) mass is 593 g/mol. The highest BCUT2D eigenvalue weighted by Crippen LogP contribution is 2.16. The van der Waals surface area contributed by atoms with Crippen molar-refractivity contribution in [2.45, 2.75) is 219 Å². The molecule has 0 fully saturated rings. The molecule has 0 saturated carbocycles. The van der Waals surface area contributed by atoms with Gasteiger partial charge in [0.05, 0.1) is 6.61 Å². The molecule has 1 N–H and O–H groups in total.